The minimum atomic E-state index is -3.12. The lowest BCUT2D eigenvalue weighted by Gasteiger charge is -2.35. The molecule has 1 aliphatic heterocycles. The Morgan fingerprint density at radius 2 is 2.13 bits per heavy atom. The van der Waals surface area contributed by atoms with E-state index in [4.69, 9.17) is 11.5 Å². The van der Waals surface area contributed by atoms with Crippen molar-refractivity contribution in [2.45, 2.75) is 6.05 Å². The molecule has 0 unspecified atom stereocenters. The van der Waals surface area contributed by atoms with Gasteiger partial charge in [-0.15, -0.1) is 0 Å². The molecule has 1 aliphatic rings. The first kappa shape index (κ1) is 22.0. The first-order valence-electron chi connectivity index (χ1n) is 9.21. The zero-order valence-corrected chi connectivity index (χ0v) is 16.6. The molecule has 31 heavy (non-hydrogen) atoms. The van der Waals surface area contributed by atoms with E-state index in [0.29, 0.717) is 0 Å². The second-order valence-electron chi connectivity index (χ2n) is 6.60. The van der Waals surface area contributed by atoms with Crippen LogP contribution in [-0.2, 0) is 0 Å². The number of halogens is 3. The molecular formula is C19H21F3N8O. The first-order chi connectivity index (χ1) is 14.8. The Morgan fingerprint density at radius 3 is 2.77 bits per heavy atom. The van der Waals surface area contributed by atoms with E-state index in [1.54, 1.807) is 6.07 Å². The smallest absolute Gasteiger partial charge is 0.319 e. The summed E-state index contributed by atoms with van der Waals surface area (Å²) >= 11 is 0. The van der Waals surface area contributed by atoms with Gasteiger partial charge in [0.25, 0.3) is 5.91 Å². The van der Waals surface area contributed by atoms with Crippen molar-refractivity contribution >= 4 is 17.6 Å². The number of aliphatic imine (C=N–C) groups is 1. The molecule has 2 heterocycles. The van der Waals surface area contributed by atoms with E-state index in [1.165, 1.54) is 36.3 Å². The zero-order valence-electron chi connectivity index (χ0n) is 16.6. The third-order valence-corrected chi connectivity index (χ3v) is 4.49. The molecule has 6 N–H and O–H groups in total. The molecule has 1 aromatic carbocycles. The first-order valence-corrected chi connectivity index (χ1v) is 9.21. The Labute approximate surface area is 176 Å². The fourth-order valence-corrected chi connectivity index (χ4v) is 3.08. The van der Waals surface area contributed by atoms with Crippen LogP contribution in [0.5, 0.6) is 0 Å². The molecule has 1 fully saturated rings. The van der Waals surface area contributed by atoms with E-state index in [1.807, 2.05) is 0 Å². The molecule has 2 aromatic rings. The van der Waals surface area contributed by atoms with E-state index in [-0.39, 0.29) is 47.4 Å². The number of nitrogen functional groups attached to an aromatic ring is 1. The van der Waals surface area contributed by atoms with Crippen molar-refractivity contribution in [3.05, 3.63) is 53.9 Å². The van der Waals surface area contributed by atoms with Crippen LogP contribution >= 0.6 is 0 Å². The van der Waals surface area contributed by atoms with Gasteiger partial charge in [0.1, 0.15) is 11.7 Å². The van der Waals surface area contributed by atoms with Crippen LogP contribution in [0.3, 0.4) is 0 Å². The average molecular weight is 434 g/mol. The monoisotopic (exact) mass is 434 g/mol. The van der Waals surface area contributed by atoms with Gasteiger partial charge >= 0.3 is 6.05 Å². The standard InChI is InChI=1S/C19H21F3N8O/c1-25-17(30-7-6-27-19(21,22)10-30)13(8-23)29-18(31)15-16(24)26-9-14(28-15)11-4-2-3-5-12(11)20/h2-5,8-9,27H,6-7,10,23H2,1H3,(H2,24,26)(H,29,31). The Hall–Kier alpha value is -3.67. The number of hydrogen-bond acceptors (Lipinski definition) is 7. The number of carbonyl (C=O) groups excluding carboxylic acids is 1. The maximum Gasteiger partial charge on any atom is 0.319 e. The Morgan fingerprint density at radius 1 is 1.39 bits per heavy atom. The summed E-state index contributed by atoms with van der Waals surface area (Å²) in [7, 11) is 1.39. The highest BCUT2D eigenvalue weighted by Crippen LogP contribution is 2.22. The van der Waals surface area contributed by atoms with Gasteiger partial charge in [0, 0.05) is 31.9 Å². The quantitative estimate of drug-likeness (QED) is 0.319. The molecule has 0 saturated carbocycles. The molecular weight excluding hydrogens is 413 g/mol. The molecule has 1 amide bonds. The number of benzene rings is 1. The van der Waals surface area contributed by atoms with E-state index in [0.717, 1.165) is 6.20 Å². The van der Waals surface area contributed by atoms with Crippen LogP contribution in [0.25, 0.3) is 11.3 Å². The Balaban J connectivity index is 1.86. The van der Waals surface area contributed by atoms with Gasteiger partial charge in [-0.3, -0.25) is 15.1 Å². The number of nitrogens with zero attached hydrogens (tertiary/aromatic N) is 4. The molecule has 0 bridgehead atoms. The summed E-state index contributed by atoms with van der Waals surface area (Å²) in [5.41, 5.74) is 11.4. The molecule has 3 rings (SSSR count). The van der Waals surface area contributed by atoms with Crippen LogP contribution in [0.1, 0.15) is 10.5 Å². The summed E-state index contributed by atoms with van der Waals surface area (Å²) in [4.78, 5) is 26.1. The average Bonchev–Trinajstić information content (AvgIpc) is 2.73. The molecule has 12 heteroatoms. The summed E-state index contributed by atoms with van der Waals surface area (Å²) in [6.45, 7) is -0.418. The predicted octanol–water partition coefficient (Wildman–Crippen LogP) is 0.921. The van der Waals surface area contributed by atoms with Gasteiger partial charge in [-0.05, 0) is 12.1 Å². The second-order valence-corrected chi connectivity index (χ2v) is 6.60. The highest BCUT2D eigenvalue weighted by Gasteiger charge is 2.37. The lowest BCUT2D eigenvalue weighted by Crippen LogP contribution is -2.58. The third-order valence-electron chi connectivity index (χ3n) is 4.49. The number of piperazine rings is 1. The molecule has 0 aliphatic carbocycles. The molecule has 0 radical (unpaired) electrons. The summed E-state index contributed by atoms with van der Waals surface area (Å²) in [6, 6.07) is 2.73. The lowest BCUT2D eigenvalue weighted by molar-refractivity contribution is -0.0682. The van der Waals surface area contributed by atoms with E-state index in [2.05, 4.69) is 25.6 Å². The van der Waals surface area contributed by atoms with Crippen molar-refractivity contribution in [2.24, 2.45) is 10.7 Å². The topological polar surface area (TPSA) is 135 Å². The van der Waals surface area contributed by atoms with Crippen LogP contribution in [0.4, 0.5) is 19.0 Å². The SMILES string of the molecule is CN=C(C(=CN)NC(=O)c1nc(-c2ccccc2F)cnc1N)N1CCNC(F)(F)C1. The van der Waals surface area contributed by atoms with Crippen LogP contribution in [0.2, 0.25) is 0 Å². The fourth-order valence-electron chi connectivity index (χ4n) is 3.08. The van der Waals surface area contributed by atoms with Crippen LogP contribution in [-0.4, -0.2) is 59.3 Å². The van der Waals surface area contributed by atoms with Gasteiger partial charge in [0.2, 0.25) is 0 Å². The molecule has 0 spiro atoms. The lowest BCUT2D eigenvalue weighted by atomic mass is 10.1. The molecule has 164 valence electrons. The number of carbonyl (C=O) groups is 1. The number of anilines is 1. The van der Waals surface area contributed by atoms with Crippen LogP contribution < -0.4 is 22.1 Å². The predicted molar refractivity (Wildman–Crippen MR) is 109 cm³/mol. The van der Waals surface area contributed by atoms with E-state index in [9.17, 15) is 18.0 Å². The van der Waals surface area contributed by atoms with Crippen molar-refractivity contribution in [3.8, 4) is 11.3 Å². The maximum atomic E-state index is 14.1. The van der Waals surface area contributed by atoms with Crippen LogP contribution in [0.15, 0.2) is 47.4 Å². The van der Waals surface area contributed by atoms with Crippen molar-refractivity contribution < 1.29 is 18.0 Å². The van der Waals surface area contributed by atoms with Crippen molar-refractivity contribution in [1.82, 2.24) is 25.5 Å². The number of rotatable bonds is 4. The Kier molecular flexibility index (Phi) is 6.39. The van der Waals surface area contributed by atoms with Crippen molar-refractivity contribution in [3.63, 3.8) is 0 Å². The number of amidine groups is 1. The summed E-state index contributed by atoms with van der Waals surface area (Å²) in [6.07, 6.45) is 2.27. The summed E-state index contributed by atoms with van der Waals surface area (Å²) in [5, 5.41) is 4.57. The minimum Gasteiger partial charge on any atom is -0.403 e. The van der Waals surface area contributed by atoms with Gasteiger partial charge in [-0.1, -0.05) is 12.1 Å². The highest BCUT2D eigenvalue weighted by atomic mass is 19.3. The van der Waals surface area contributed by atoms with Gasteiger partial charge in [-0.25, -0.2) is 14.4 Å². The third kappa shape index (κ3) is 4.91. The zero-order chi connectivity index (χ0) is 22.6. The largest absolute Gasteiger partial charge is 0.403 e. The Bertz CT molecular complexity index is 1040. The van der Waals surface area contributed by atoms with Crippen molar-refractivity contribution in [1.29, 1.82) is 0 Å². The second kappa shape index (κ2) is 9.00. The number of nitrogens with one attached hydrogen (secondary N) is 2. The van der Waals surface area contributed by atoms with Crippen molar-refractivity contribution in [2.75, 3.05) is 32.4 Å². The molecule has 9 nitrogen and oxygen atoms in total. The summed E-state index contributed by atoms with van der Waals surface area (Å²) in [5.74, 6) is -1.48. The number of aromatic nitrogens is 2. The molecule has 0 atom stereocenters. The summed E-state index contributed by atoms with van der Waals surface area (Å²) < 4.78 is 41.5. The van der Waals surface area contributed by atoms with Crippen LogP contribution in [0, 0.1) is 5.82 Å². The van der Waals surface area contributed by atoms with E-state index < -0.39 is 24.3 Å². The number of amides is 1. The molecule has 1 aromatic heterocycles. The van der Waals surface area contributed by atoms with E-state index >= 15 is 0 Å². The van der Waals surface area contributed by atoms with Gasteiger partial charge in [-0.2, -0.15) is 8.78 Å². The minimum absolute atomic E-state index is 0.0114. The van der Waals surface area contributed by atoms with Gasteiger partial charge < -0.3 is 21.7 Å². The maximum absolute atomic E-state index is 14.1. The number of alkyl halides is 2. The normalized spacial score (nSPS) is 16.8. The number of nitrogens with two attached hydrogens (primary N) is 2. The fraction of sp³-hybridized carbons (Fsp3) is 0.263. The molecule has 1 saturated heterocycles. The van der Waals surface area contributed by atoms with Gasteiger partial charge in [0.05, 0.1) is 24.1 Å². The highest BCUT2D eigenvalue weighted by molar-refractivity contribution is 6.06. The number of hydrogen-bond donors (Lipinski definition) is 4. The van der Waals surface area contributed by atoms with Gasteiger partial charge in [0.15, 0.2) is 11.5 Å².